The van der Waals surface area contributed by atoms with Crippen molar-refractivity contribution in [2.75, 3.05) is 19.7 Å². The predicted octanol–water partition coefficient (Wildman–Crippen LogP) is 2.43. The van der Waals surface area contributed by atoms with Gasteiger partial charge in [0.05, 0.1) is 6.61 Å². The predicted molar refractivity (Wildman–Crippen MR) is 58.5 cm³/mol. The molecule has 0 aromatic carbocycles. The zero-order valence-corrected chi connectivity index (χ0v) is 9.90. The fourth-order valence-electron chi connectivity index (χ4n) is 1.12. The summed E-state index contributed by atoms with van der Waals surface area (Å²) in [5.41, 5.74) is 0.280. The van der Waals surface area contributed by atoms with Crippen molar-refractivity contribution in [2.24, 2.45) is 0 Å². The van der Waals surface area contributed by atoms with Crippen LogP contribution in [0.2, 0.25) is 0 Å². The first-order valence-electron chi connectivity index (χ1n) is 5.49. The standard InChI is InChI=1S/C11H18F3NO2/c1-3-17-10(16)9(2)8-15-7-5-4-6-11(12,13)14/h15H,2-8H2,1H3. The van der Waals surface area contributed by atoms with Crippen molar-refractivity contribution >= 4 is 5.97 Å². The summed E-state index contributed by atoms with van der Waals surface area (Å²) < 4.78 is 40.1. The van der Waals surface area contributed by atoms with Crippen LogP contribution in [0.15, 0.2) is 12.2 Å². The molecule has 0 spiro atoms. The summed E-state index contributed by atoms with van der Waals surface area (Å²) in [6.07, 6.45) is -4.36. The summed E-state index contributed by atoms with van der Waals surface area (Å²) in [7, 11) is 0. The first kappa shape index (κ1) is 16.0. The van der Waals surface area contributed by atoms with Crippen LogP contribution in [0.4, 0.5) is 13.2 Å². The molecule has 0 saturated carbocycles. The Kier molecular flexibility index (Phi) is 7.61. The number of alkyl halides is 3. The normalized spacial score (nSPS) is 11.3. The van der Waals surface area contributed by atoms with Crippen molar-refractivity contribution in [2.45, 2.75) is 32.4 Å². The van der Waals surface area contributed by atoms with Crippen LogP contribution >= 0.6 is 0 Å². The number of hydrogen-bond acceptors (Lipinski definition) is 3. The van der Waals surface area contributed by atoms with Crippen molar-refractivity contribution in [1.29, 1.82) is 0 Å². The first-order valence-corrected chi connectivity index (χ1v) is 5.49. The van der Waals surface area contributed by atoms with Gasteiger partial charge in [-0.25, -0.2) is 4.79 Å². The van der Waals surface area contributed by atoms with Crippen LogP contribution in [0.5, 0.6) is 0 Å². The molecule has 0 aliphatic carbocycles. The molecule has 6 heteroatoms. The number of unbranched alkanes of at least 4 members (excludes halogenated alkanes) is 1. The lowest BCUT2D eigenvalue weighted by Gasteiger charge is -2.08. The highest BCUT2D eigenvalue weighted by Crippen LogP contribution is 2.21. The van der Waals surface area contributed by atoms with Crippen molar-refractivity contribution < 1.29 is 22.7 Å². The first-order chi connectivity index (χ1) is 7.87. The third-order valence-corrected chi connectivity index (χ3v) is 1.97. The molecule has 0 fully saturated rings. The maximum atomic E-state index is 11.8. The number of carbonyl (C=O) groups is 1. The molecule has 0 radical (unpaired) electrons. The summed E-state index contributed by atoms with van der Waals surface area (Å²) in [5, 5.41) is 2.84. The van der Waals surface area contributed by atoms with Crippen LogP contribution in [0.3, 0.4) is 0 Å². The molecule has 0 aromatic heterocycles. The van der Waals surface area contributed by atoms with Gasteiger partial charge in [-0.15, -0.1) is 0 Å². The smallest absolute Gasteiger partial charge is 0.389 e. The average molecular weight is 253 g/mol. The number of nitrogens with one attached hydrogen (secondary N) is 1. The number of rotatable bonds is 8. The van der Waals surface area contributed by atoms with E-state index in [0.29, 0.717) is 13.0 Å². The Bertz CT molecular complexity index is 252. The van der Waals surface area contributed by atoms with Crippen LogP contribution in [0.25, 0.3) is 0 Å². The van der Waals surface area contributed by atoms with E-state index in [2.05, 4.69) is 11.9 Å². The lowest BCUT2D eigenvalue weighted by Crippen LogP contribution is -2.23. The summed E-state index contributed by atoms with van der Waals surface area (Å²) in [6, 6.07) is 0. The molecule has 0 rings (SSSR count). The topological polar surface area (TPSA) is 38.3 Å². The van der Waals surface area contributed by atoms with E-state index in [-0.39, 0.29) is 25.1 Å². The zero-order valence-electron chi connectivity index (χ0n) is 9.90. The van der Waals surface area contributed by atoms with Gasteiger partial charge in [-0.1, -0.05) is 6.58 Å². The summed E-state index contributed by atoms with van der Waals surface area (Å²) in [6.45, 7) is 6.15. The van der Waals surface area contributed by atoms with Gasteiger partial charge in [0.25, 0.3) is 0 Å². The molecule has 0 saturated heterocycles. The third-order valence-electron chi connectivity index (χ3n) is 1.97. The Morgan fingerprint density at radius 2 is 2.00 bits per heavy atom. The van der Waals surface area contributed by atoms with Gasteiger partial charge in [-0.05, 0) is 26.3 Å². The van der Waals surface area contributed by atoms with Crippen LogP contribution in [-0.2, 0) is 9.53 Å². The Balaban J connectivity index is 3.46. The molecule has 1 N–H and O–H groups in total. The fraction of sp³-hybridized carbons (Fsp3) is 0.727. The Hall–Kier alpha value is -1.04. The molecule has 3 nitrogen and oxygen atoms in total. The molecule has 0 amide bonds. The Labute approximate surface area is 99.0 Å². The summed E-state index contributed by atoms with van der Waals surface area (Å²) in [4.78, 5) is 11.1. The second kappa shape index (κ2) is 8.11. The molecule has 0 bridgehead atoms. The number of hydrogen-bond donors (Lipinski definition) is 1. The monoisotopic (exact) mass is 253 g/mol. The van der Waals surface area contributed by atoms with E-state index < -0.39 is 18.6 Å². The van der Waals surface area contributed by atoms with Gasteiger partial charge < -0.3 is 10.1 Å². The second-order valence-corrected chi connectivity index (χ2v) is 3.57. The molecule has 0 aliphatic heterocycles. The highest BCUT2D eigenvalue weighted by molar-refractivity contribution is 5.88. The Morgan fingerprint density at radius 1 is 1.35 bits per heavy atom. The van der Waals surface area contributed by atoms with Crippen LogP contribution in [0, 0.1) is 0 Å². The van der Waals surface area contributed by atoms with Gasteiger partial charge in [0.1, 0.15) is 0 Å². The fourth-order valence-corrected chi connectivity index (χ4v) is 1.12. The van der Waals surface area contributed by atoms with Crippen molar-refractivity contribution in [3.8, 4) is 0 Å². The van der Waals surface area contributed by atoms with Gasteiger partial charge in [0.2, 0.25) is 0 Å². The molecule has 0 unspecified atom stereocenters. The average Bonchev–Trinajstić information content (AvgIpc) is 2.21. The van der Waals surface area contributed by atoms with Crippen LogP contribution < -0.4 is 5.32 Å². The number of carbonyl (C=O) groups excluding carboxylic acids is 1. The lowest BCUT2D eigenvalue weighted by molar-refractivity contribution is -0.138. The minimum Gasteiger partial charge on any atom is -0.463 e. The minimum atomic E-state index is -4.09. The molecular weight excluding hydrogens is 235 g/mol. The molecule has 17 heavy (non-hydrogen) atoms. The van der Waals surface area contributed by atoms with Crippen molar-refractivity contribution in [3.63, 3.8) is 0 Å². The number of ether oxygens (including phenoxy) is 1. The van der Waals surface area contributed by atoms with E-state index in [1.807, 2.05) is 0 Å². The number of halogens is 3. The van der Waals surface area contributed by atoms with Gasteiger partial charge >= 0.3 is 12.1 Å². The van der Waals surface area contributed by atoms with E-state index in [9.17, 15) is 18.0 Å². The molecular formula is C11H18F3NO2. The van der Waals surface area contributed by atoms with Crippen LogP contribution in [0.1, 0.15) is 26.2 Å². The van der Waals surface area contributed by atoms with Gasteiger partial charge in [0.15, 0.2) is 0 Å². The number of esters is 1. The third kappa shape index (κ3) is 9.86. The van der Waals surface area contributed by atoms with Crippen LogP contribution in [-0.4, -0.2) is 31.8 Å². The maximum absolute atomic E-state index is 11.8. The zero-order chi connectivity index (χ0) is 13.3. The summed E-state index contributed by atoms with van der Waals surface area (Å²) in [5.74, 6) is -0.477. The molecule has 0 atom stereocenters. The van der Waals surface area contributed by atoms with E-state index in [0.717, 1.165) is 0 Å². The largest absolute Gasteiger partial charge is 0.463 e. The Morgan fingerprint density at radius 3 is 2.53 bits per heavy atom. The van der Waals surface area contributed by atoms with E-state index in [1.165, 1.54) is 0 Å². The van der Waals surface area contributed by atoms with Gasteiger partial charge in [-0.3, -0.25) is 0 Å². The maximum Gasteiger partial charge on any atom is 0.389 e. The van der Waals surface area contributed by atoms with Gasteiger partial charge in [0, 0.05) is 18.5 Å². The highest BCUT2D eigenvalue weighted by Gasteiger charge is 2.25. The van der Waals surface area contributed by atoms with Gasteiger partial charge in [-0.2, -0.15) is 13.2 Å². The molecule has 100 valence electrons. The van der Waals surface area contributed by atoms with E-state index in [4.69, 9.17) is 4.74 Å². The molecule has 0 aliphatic rings. The lowest BCUT2D eigenvalue weighted by atomic mass is 10.2. The van der Waals surface area contributed by atoms with Crippen molar-refractivity contribution in [1.82, 2.24) is 5.32 Å². The molecule has 0 heterocycles. The highest BCUT2D eigenvalue weighted by atomic mass is 19.4. The van der Waals surface area contributed by atoms with E-state index in [1.54, 1.807) is 6.92 Å². The van der Waals surface area contributed by atoms with Crippen molar-refractivity contribution in [3.05, 3.63) is 12.2 Å². The SMILES string of the molecule is C=C(CNCCCCC(F)(F)F)C(=O)OCC. The summed E-state index contributed by atoms with van der Waals surface area (Å²) >= 11 is 0. The van der Waals surface area contributed by atoms with E-state index >= 15 is 0 Å². The second-order valence-electron chi connectivity index (χ2n) is 3.57. The molecule has 0 aromatic rings. The minimum absolute atomic E-state index is 0.0857. The quantitative estimate of drug-likeness (QED) is 0.410.